The van der Waals surface area contributed by atoms with E-state index in [0.717, 1.165) is 16.7 Å². The maximum atomic E-state index is 6.36. The molecule has 5 aromatic carbocycles. The molecule has 0 aliphatic rings. The first-order valence-corrected chi connectivity index (χ1v) is 9.91. The summed E-state index contributed by atoms with van der Waals surface area (Å²) in [4.78, 5) is 0. The Labute approximate surface area is 171 Å². The Bertz CT molecular complexity index is 1230. The zero-order valence-corrected chi connectivity index (χ0v) is 16.4. The van der Waals surface area contributed by atoms with E-state index in [2.05, 4.69) is 103 Å². The van der Waals surface area contributed by atoms with Crippen LogP contribution in [-0.2, 0) is 10.3 Å². The molecule has 0 aromatic heterocycles. The molecule has 0 amide bonds. The third-order valence-electron chi connectivity index (χ3n) is 5.82. The molecule has 0 radical (unpaired) electrons. The van der Waals surface area contributed by atoms with E-state index in [1.165, 1.54) is 21.5 Å². The second kappa shape index (κ2) is 7.20. The van der Waals surface area contributed by atoms with E-state index >= 15 is 0 Å². The van der Waals surface area contributed by atoms with Gasteiger partial charge in [-0.3, -0.25) is 0 Å². The molecular weight excluding hydrogens is 352 g/mol. The van der Waals surface area contributed by atoms with E-state index in [4.69, 9.17) is 4.74 Å². The summed E-state index contributed by atoms with van der Waals surface area (Å²) >= 11 is 0. The lowest BCUT2D eigenvalue weighted by atomic mass is 9.79. The van der Waals surface area contributed by atoms with Gasteiger partial charge in [-0.25, -0.2) is 0 Å². The molecule has 0 aliphatic heterocycles. The van der Waals surface area contributed by atoms with Gasteiger partial charge in [0.1, 0.15) is 5.60 Å². The Morgan fingerprint density at radius 2 is 1.00 bits per heavy atom. The van der Waals surface area contributed by atoms with E-state index in [1.54, 1.807) is 7.11 Å². The first-order chi connectivity index (χ1) is 14.3. The monoisotopic (exact) mass is 374 g/mol. The molecule has 0 atom stereocenters. The SMILES string of the molecule is COC(c1ccccc1)(c1ccccc1)c1ccc2ccc3ccccc3c2c1. The van der Waals surface area contributed by atoms with E-state index < -0.39 is 5.60 Å². The van der Waals surface area contributed by atoms with Gasteiger partial charge in [0.25, 0.3) is 0 Å². The van der Waals surface area contributed by atoms with Crippen molar-refractivity contribution in [3.8, 4) is 0 Å². The van der Waals surface area contributed by atoms with Gasteiger partial charge in [0, 0.05) is 7.11 Å². The summed E-state index contributed by atoms with van der Waals surface area (Å²) in [6.45, 7) is 0. The van der Waals surface area contributed by atoms with E-state index in [0.29, 0.717) is 0 Å². The van der Waals surface area contributed by atoms with Crippen molar-refractivity contribution in [2.45, 2.75) is 5.60 Å². The molecule has 1 heteroatoms. The van der Waals surface area contributed by atoms with E-state index in [-0.39, 0.29) is 0 Å². The molecule has 0 spiro atoms. The average molecular weight is 374 g/mol. The number of hydrogen-bond donors (Lipinski definition) is 0. The fourth-order valence-electron chi connectivity index (χ4n) is 4.42. The Morgan fingerprint density at radius 3 is 1.62 bits per heavy atom. The molecule has 0 aliphatic carbocycles. The Kier molecular flexibility index (Phi) is 4.38. The maximum Gasteiger partial charge on any atom is 0.143 e. The minimum Gasteiger partial charge on any atom is -0.364 e. The topological polar surface area (TPSA) is 9.23 Å². The smallest absolute Gasteiger partial charge is 0.143 e. The number of ether oxygens (including phenoxy) is 1. The van der Waals surface area contributed by atoms with Gasteiger partial charge >= 0.3 is 0 Å². The lowest BCUT2D eigenvalue weighted by molar-refractivity contribution is 0.0586. The van der Waals surface area contributed by atoms with Crippen LogP contribution in [0.1, 0.15) is 16.7 Å². The minimum atomic E-state index is -0.673. The van der Waals surface area contributed by atoms with Gasteiger partial charge in [-0.1, -0.05) is 109 Å². The van der Waals surface area contributed by atoms with Gasteiger partial charge < -0.3 is 4.74 Å². The maximum absolute atomic E-state index is 6.36. The lowest BCUT2D eigenvalue weighted by Crippen LogP contribution is -2.31. The highest BCUT2D eigenvalue weighted by Gasteiger charge is 2.36. The molecule has 1 nitrogen and oxygen atoms in total. The Morgan fingerprint density at radius 1 is 0.483 bits per heavy atom. The normalized spacial score (nSPS) is 11.8. The van der Waals surface area contributed by atoms with Crippen LogP contribution in [0.4, 0.5) is 0 Å². The molecule has 0 N–H and O–H groups in total. The summed E-state index contributed by atoms with van der Waals surface area (Å²) in [6.07, 6.45) is 0. The van der Waals surface area contributed by atoms with Crippen LogP contribution >= 0.6 is 0 Å². The van der Waals surface area contributed by atoms with Crippen molar-refractivity contribution in [3.05, 3.63) is 132 Å². The molecule has 5 rings (SSSR count). The minimum absolute atomic E-state index is 0.673. The summed E-state index contributed by atoms with van der Waals surface area (Å²) in [5, 5.41) is 4.99. The highest BCUT2D eigenvalue weighted by atomic mass is 16.5. The van der Waals surface area contributed by atoms with Crippen molar-refractivity contribution >= 4 is 21.5 Å². The standard InChI is InChI=1S/C28H22O/c1-29-28(23-11-4-2-5-12-23,24-13-6-3-7-14-24)25-19-18-22-17-16-21-10-8-9-15-26(21)27(22)20-25/h2-20H,1H3. The van der Waals surface area contributed by atoms with Crippen LogP contribution in [0.2, 0.25) is 0 Å². The quantitative estimate of drug-likeness (QED) is 0.245. The molecule has 29 heavy (non-hydrogen) atoms. The molecule has 5 aromatic rings. The Hall–Kier alpha value is -3.42. The Balaban J connectivity index is 1.85. The van der Waals surface area contributed by atoms with Gasteiger partial charge in [-0.15, -0.1) is 0 Å². The van der Waals surface area contributed by atoms with Crippen LogP contribution in [0.3, 0.4) is 0 Å². The summed E-state index contributed by atoms with van der Waals surface area (Å²) in [6, 6.07) is 40.6. The molecule has 0 bridgehead atoms. The van der Waals surface area contributed by atoms with Crippen molar-refractivity contribution < 1.29 is 4.74 Å². The summed E-state index contributed by atoms with van der Waals surface area (Å²) < 4.78 is 6.36. The number of rotatable bonds is 4. The van der Waals surface area contributed by atoms with Crippen LogP contribution in [-0.4, -0.2) is 7.11 Å². The summed E-state index contributed by atoms with van der Waals surface area (Å²) in [5.74, 6) is 0. The number of benzene rings is 5. The highest BCUT2D eigenvalue weighted by molar-refractivity contribution is 6.07. The largest absolute Gasteiger partial charge is 0.364 e. The second-order valence-corrected chi connectivity index (χ2v) is 7.34. The first kappa shape index (κ1) is 17.7. The molecule has 0 saturated heterocycles. The second-order valence-electron chi connectivity index (χ2n) is 7.34. The molecule has 0 saturated carbocycles. The average Bonchev–Trinajstić information content (AvgIpc) is 2.81. The third kappa shape index (κ3) is 2.83. The number of methoxy groups -OCH3 is 1. The van der Waals surface area contributed by atoms with Gasteiger partial charge in [-0.2, -0.15) is 0 Å². The number of fused-ring (bicyclic) bond motifs is 3. The zero-order valence-electron chi connectivity index (χ0n) is 16.4. The lowest BCUT2D eigenvalue weighted by Gasteiger charge is -2.34. The van der Waals surface area contributed by atoms with Crippen molar-refractivity contribution in [1.29, 1.82) is 0 Å². The van der Waals surface area contributed by atoms with Crippen LogP contribution < -0.4 is 0 Å². The predicted octanol–water partition coefficient (Wildman–Crippen LogP) is 6.93. The van der Waals surface area contributed by atoms with Gasteiger partial charge in [0.15, 0.2) is 0 Å². The van der Waals surface area contributed by atoms with Crippen molar-refractivity contribution in [3.63, 3.8) is 0 Å². The molecule has 0 unspecified atom stereocenters. The van der Waals surface area contributed by atoms with Crippen molar-refractivity contribution in [1.82, 2.24) is 0 Å². The summed E-state index contributed by atoms with van der Waals surface area (Å²) in [5.41, 5.74) is 2.69. The number of hydrogen-bond acceptors (Lipinski definition) is 1. The molecule has 0 heterocycles. The van der Waals surface area contributed by atoms with Crippen LogP contribution in [0.5, 0.6) is 0 Å². The van der Waals surface area contributed by atoms with E-state index in [9.17, 15) is 0 Å². The molecular formula is C28H22O. The van der Waals surface area contributed by atoms with Gasteiger partial charge in [-0.05, 0) is 44.3 Å². The van der Waals surface area contributed by atoms with Crippen LogP contribution in [0.25, 0.3) is 21.5 Å². The molecule has 140 valence electrons. The summed E-state index contributed by atoms with van der Waals surface area (Å²) in [7, 11) is 1.80. The fourth-order valence-corrected chi connectivity index (χ4v) is 4.42. The zero-order chi connectivity index (χ0) is 19.7. The van der Waals surface area contributed by atoms with Crippen molar-refractivity contribution in [2.75, 3.05) is 7.11 Å². The van der Waals surface area contributed by atoms with Crippen LogP contribution in [0, 0.1) is 0 Å². The first-order valence-electron chi connectivity index (χ1n) is 9.91. The highest BCUT2D eigenvalue weighted by Crippen LogP contribution is 2.41. The van der Waals surface area contributed by atoms with Gasteiger partial charge in [0.2, 0.25) is 0 Å². The van der Waals surface area contributed by atoms with Gasteiger partial charge in [0.05, 0.1) is 0 Å². The van der Waals surface area contributed by atoms with Crippen molar-refractivity contribution in [2.24, 2.45) is 0 Å². The van der Waals surface area contributed by atoms with Crippen LogP contribution in [0.15, 0.2) is 115 Å². The third-order valence-corrected chi connectivity index (χ3v) is 5.82. The fraction of sp³-hybridized carbons (Fsp3) is 0.0714. The van der Waals surface area contributed by atoms with E-state index in [1.807, 2.05) is 12.1 Å². The predicted molar refractivity (Wildman–Crippen MR) is 121 cm³/mol. The molecule has 0 fully saturated rings.